The average Bonchev–Trinajstić information content (AvgIpc) is 2.72. The van der Waals surface area contributed by atoms with Crippen molar-refractivity contribution < 1.29 is 23.9 Å². The Bertz CT molecular complexity index is 633. The maximum Gasteiger partial charge on any atom is 0.341 e. The third-order valence-corrected chi connectivity index (χ3v) is 4.73. The van der Waals surface area contributed by atoms with Crippen LogP contribution in [0.4, 0.5) is 5.00 Å². The molecule has 1 aromatic rings. The summed E-state index contributed by atoms with van der Waals surface area (Å²) in [5.41, 5.74) is 0.670. The van der Waals surface area contributed by atoms with E-state index in [1.807, 2.05) is 27.7 Å². The lowest BCUT2D eigenvalue weighted by molar-refractivity contribution is -0.143. The minimum Gasteiger partial charge on any atom is -0.469 e. The molecule has 24 heavy (non-hydrogen) atoms. The lowest BCUT2D eigenvalue weighted by Crippen LogP contribution is -2.25. The maximum atomic E-state index is 12.3. The minimum absolute atomic E-state index is 0.139. The van der Waals surface area contributed by atoms with Gasteiger partial charge in [-0.05, 0) is 31.7 Å². The van der Waals surface area contributed by atoms with E-state index in [0.717, 1.165) is 10.4 Å². The highest BCUT2D eigenvalue weighted by Crippen LogP contribution is 2.34. The van der Waals surface area contributed by atoms with Crippen LogP contribution in [0.25, 0.3) is 0 Å². The van der Waals surface area contributed by atoms with Crippen molar-refractivity contribution in [2.24, 2.45) is 5.41 Å². The molecule has 0 saturated carbocycles. The van der Waals surface area contributed by atoms with Crippen LogP contribution in [0.15, 0.2) is 0 Å². The number of nitrogens with one attached hydrogen (secondary N) is 1. The molecule has 0 unspecified atom stereocenters. The topological polar surface area (TPSA) is 81.7 Å². The molecule has 0 aliphatic carbocycles. The van der Waals surface area contributed by atoms with E-state index in [4.69, 9.17) is 4.74 Å². The predicted octanol–water partition coefficient (Wildman–Crippen LogP) is 3.46. The normalized spacial score (nSPS) is 11.1. The Morgan fingerprint density at radius 3 is 2.33 bits per heavy atom. The molecule has 0 spiro atoms. The lowest BCUT2D eigenvalue weighted by atomic mass is 9.85. The zero-order valence-corrected chi connectivity index (χ0v) is 15.9. The molecule has 0 saturated heterocycles. The van der Waals surface area contributed by atoms with Crippen molar-refractivity contribution in [3.63, 3.8) is 0 Å². The first-order chi connectivity index (χ1) is 11.1. The minimum atomic E-state index is -0.539. The second-order valence-electron chi connectivity index (χ2n) is 6.35. The number of ether oxygens (including phenoxy) is 2. The maximum absolute atomic E-state index is 12.3. The van der Waals surface area contributed by atoms with Gasteiger partial charge in [0.2, 0.25) is 5.91 Å². The van der Waals surface area contributed by atoms with Crippen molar-refractivity contribution in [3.05, 3.63) is 16.0 Å². The molecule has 0 fully saturated rings. The van der Waals surface area contributed by atoms with Crippen LogP contribution in [0, 0.1) is 19.3 Å². The van der Waals surface area contributed by atoms with E-state index in [1.165, 1.54) is 18.4 Å². The van der Waals surface area contributed by atoms with Gasteiger partial charge < -0.3 is 14.8 Å². The second-order valence-corrected chi connectivity index (χ2v) is 7.57. The van der Waals surface area contributed by atoms with E-state index in [-0.39, 0.29) is 31.3 Å². The Kier molecular flexibility index (Phi) is 6.95. The first kappa shape index (κ1) is 20.2. The van der Waals surface area contributed by atoms with Crippen LogP contribution in [0.3, 0.4) is 0 Å². The van der Waals surface area contributed by atoms with Crippen molar-refractivity contribution in [3.8, 4) is 0 Å². The molecule has 1 aromatic heterocycles. The summed E-state index contributed by atoms with van der Waals surface area (Å²) in [7, 11) is 1.32. The summed E-state index contributed by atoms with van der Waals surface area (Å²) in [4.78, 5) is 36.8. The van der Waals surface area contributed by atoms with Crippen LogP contribution in [0.2, 0.25) is 0 Å². The van der Waals surface area contributed by atoms with Gasteiger partial charge in [-0.1, -0.05) is 13.8 Å². The number of hydrogen-bond donors (Lipinski definition) is 1. The van der Waals surface area contributed by atoms with Crippen LogP contribution in [0.5, 0.6) is 0 Å². The number of methoxy groups -OCH3 is 1. The summed E-state index contributed by atoms with van der Waals surface area (Å²) >= 11 is 1.34. The largest absolute Gasteiger partial charge is 0.469 e. The summed E-state index contributed by atoms with van der Waals surface area (Å²) in [5, 5.41) is 3.27. The van der Waals surface area contributed by atoms with Crippen molar-refractivity contribution in [1.29, 1.82) is 0 Å². The molecule has 1 amide bonds. The predicted molar refractivity (Wildman–Crippen MR) is 93.4 cm³/mol. The summed E-state index contributed by atoms with van der Waals surface area (Å²) in [6.07, 6.45) is 0.282. The van der Waals surface area contributed by atoms with Gasteiger partial charge in [-0.15, -0.1) is 11.3 Å². The number of carbonyl (C=O) groups is 3. The SMILES string of the molecule is CCOC(=O)c1c(NC(=O)CC(C)(C)CC(=O)OC)sc(C)c1C. The molecule has 0 aromatic carbocycles. The molecule has 0 radical (unpaired) electrons. The van der Waals surface area contributed by atoms with Crippen molar-refractivity contribution in [2.75, 3.05) is 19.0 Å². The highest BCUT2D eigenvalue weighted by atomic mass is 32.1. The fourth-order valence-corrected chi connectivity index (χ4v) is 3.36. The van der Waals surface area contributed by atoms with Crippen LogP contribution < -0.4 is 5.32 Å². The molecule has 0 atom stereocenters. The van der Waals surface area contributed by atoms with Crippen molar-refractivity contribution in [2.45, 2.75) is 47.5 Å². The molecule has 7 heteroatoms. The Balaban J connectivity index is 2.89. The van der Waals surface area contributed by atoms with E-state index in [2.05, 4.69) is 10.1 Å². The number of amides is 1. The molecule has 1 rings (SSSR count). The Hall–Kier alpha value is -1.89. The third-order valence-electron chi connectivity index (χ3n) is 3.61. The third kappa shape index (κ3) is 5.33. The summed E-state index contributed by atoms with van der Waals surface area (Å²) in [6, 6.07) is 0. The first-order valence-corrected chi connectivity index (χ1v) is 8.56. The van der Waals surface area contributed by atoms with E-state index in [1.54, 1.807) is 6.92 Å². The molecular weight excluding hydrogens is 330 g/mol. The number of carbonyl (C=O) groups excluding carboxylic acids is 3. The van der Waals surface area contributed by atoms with Gasteiger partial charge in [0.1, 0.15) is 5.00 Å². The Labute approximate surface area is 146 Å². The number of hydrogen-bond acceptors (Lipinski definition) is 6. The molecule has 6 nitrogen and oxygen atoms in total. The fraction of sp³-hybridized carbons (Fsp3) is 0.588. The van der Waals surface area contributed by atoms with Gasteiger partial charge in [-0.2, -0.15) is 0 Å². The lowest BCUT2D eigenvalue weighted by Gasteiger charge is -2.22. The summed E-state index contributed by atoms with van der Waals surface area (Å²) in [6.45, 7) is 9.36. The molecule has 1 N–H and O–H groups in total. The number of rotatable bonds is 7. The van der Waals surface area contributed by atoms with Crippen LogP contribution in [-0.4, -0.2) is 31.6 Å². The highest BCUT2D eigenvalue weighted by Gasteiger charge is 2.28. The number of anilines is 1. The summed E-state index contributed by atoms with van der Waals surface area (Å²) in [5.74, 6) is -1.05. The van der Waals surface area contributed by atoms with Gasteiger partial charge in [0.25, 0.3) is 0 Å². The monoisotopic (exact) mass is 355 g/mol. The van der Waals surface area contributed by atoms with Crippen molar-refractivity contribution in [1.82, 2.24) is 0 Å². The zero-order valence-electron chi connectivity index (χ0n) is 15.1. The van der Waals surface area contributed by atoms with E-state index in [9.17, 15) is 14.4 Å². The number of esters is 2. The smallest absolute Gasteiger partial charge is 0.341 e. The molecule has 0 bridgehead atoms. The van der Waals surface area contributed by atoms with Gasteiger partial charge in [0, 0.05) is 11.3 Å². The number of thiophene rings is 1. The van der Waals surface area contributed by atoms with Crippen LogP contribution >= 0.6 is 11.3 Å². The van der Waals surface area contributed by atoms with Gasteiger partial charge in [-0.3, -0.25) is 9.59 Å². The Morgan fingerprint density at radius 2 is 1.79 bits per heavy atom. The van der Waals surface area contributed by atoms with E-state index >= 15 is 0 Å². The van der Waals surface area contributed by atoms with Gasteiger partial charge in [-0.25, -0.2) is 4.79 Å². The standard InChI is InChI=1S/C17H25NO5S/c1-7-23-16(21)14-10(2)11(3)24-15(14)18-12(19)8-17(4,5)9-13(20)22-6/h7-9H2,1-6H3,(H,18,19). The highest BCUT2D eigenvalue weighted by molar-refractivity contribution is 7.16. The molecule has 1 heterocycles. The number of aryl methyl sites for hydroxylation is 1. The van der Waals surface area contributed by atoms with Gasteiger partial charge in [0.15, 0.2) is 0 Å². The van der Waals surface area contributed by atoms with Gasteiger partial charge >= 0.3 is 11.9 Å². The second kappa shape index (κ2) is 8.28. The first-order valence-electron chi connectivity index (χ1n) is 7.75. The van der Waals surface area contributed by atoms with E-state index in [0.29, 0.717) is 10.6 Å². The van der Waals surface area contributed by atoms with Crippen molar-refractivity contribution >= 4 is 34.2 Å². The molecule has 0 aliphatic rings. The molecular formula is C17H25NO5S. The fourth-order valence-electron chi connectivity index (χ4n) is 2.29. The Morgan fingerprint density at radius 1 is 1.17 bits per heavy atom. The van der Waals surface area contributed by atoms with Gasteiger partial charge in [0.05, 0.1) is 25.7 Å². The van der Waals surface area contributed by atoms with Crippen LogP contribution in [-0.2, 0) is 19.1 Å². The zero-order chi connectivity index (χ0) is 18.5. The molecule has 134 valence electrons. The average molecular weight is 355 g/mol. The quantitative estimate of drug-likeness (QED) is 0.758. The summed E-state index contributed by atoms with van der Waals surface area (Å²) < 4.78 is 9.72. The van der Waals surface area contributed by atoms with E-state index < -0.39 is 11.4 Å². The van der Waals surface area contributed by atoms with Crippen LogP contribution in [0.1, 0.15) is 54.4 Å². The molecule has 0 aliphatic heterocycles.